The van der Waals surface area contributed by atoms with E-state index in [1.54, 1.807) is 0 Å². The number of rotatable bonds is 0. The van der Waals surface area contributed by atoms with E-state index in [2.05, 4.69) is 13.8 Å². The van der Waals surface area contributed by atoms with Crippen molar-refractivity contribution in [1.29, 1.82) is 0 Å². The van der Waals surface area contributed by atoms with Crippen LogP contribution in [0.4, 0.5) is 0 Å². The molecular formula is C14H14CuLi. The second-order valence-electron chi connectivity index (χ2n) is 2.97. The van der Waals surface area contributed by atoms with E-state index in [1.165, 1.54) is 0 Å². The summed E-state index contributed by atoms with van der Waals surface area (Å²) in [4.78, 5) is 0. The zero-order chi connectivity index (χ0) is 10.2. The molecule has 2 aromatic rings. The first kappa shape index (κ1) is 17.7. The van der Waals surface area contributed by atoms with Crippen LogP contribution in [-0.4, -0.2) is 0 Å². The van der Waals surface area contributed by atoms with Crippen LogP contribution in [0.3, 0.4) is 0 Å². The minimum atomic E-state index is 0. The molecular weight excluding hydrogens is 239 g/mol. The van der Waals surface area contributed by atoms with Crippen LogP contribution in [0, 0.1) is 13.8 Å². The van der Waals surface area contributed by atoms with Crippen molar-refractivity contribution in [1.82, 2.24) is 0 Å². The summed E-state index contributed by atoms with van der Waals surface area (Å²) >= 11 is 0. The van der Waals surface area contributed by atoms with E-state index in [9.17, 15) is 0 Å². The largest absolute Gasteiger partial charge is 1.00 e. The minimum Gasteiger partial charge on any atom is -0.199 e. The van der Waals surface area contributed by atoms with Gasteiger partial charge in [0.25, 0.3) is 0 Å². The Balaban J connectivity index is 0. The molecule has 0 bridgehead atoms. The second kappa shape index (κ2) is 10.8. The Morgan fingerprint density at radius 1 is 0.562 bits per heavy atom. The summed E-state index contributed by atoms with van der Waals surface area (Å²) in [5.41, 5.74) is 2.14. The van der Waals surface area contributed by atoms with E-state index >= 15 is 0 Å². The van der Waals surface area contributed by atoms with E-state index < -0.39 is 0 Å². The molecule has 0 nitrogen and oxygen atoms in total. The normalized spacial score (nSPS) is 7.50. The van der Waals surface area contributed by atoms with Crippen LogP contribution in [0.1, 0.15) is 11.1 Å². The summed E-state index contributed by atoms with van der Waals surface area (Å²) in [6.07, 6.45) is 0. The fourth-order valence-electron chi connectivity index (χ4n) is 0.956. The fraction of sp³-hybridized carbons (Fsp3) is 0. The van der Waals surface area contributed by atoms with Gasteiger partial charge in [-0.25, -0.2) is 0 Å². The average Bonchev–Trinajstić information content (AvgIpc) is 2.21. The van der Waals surface area contributed by atoms with E-state index in [-0.39, 0.29) is 35.9 Å². The van der Waals surface area contributed by atoms with Gasteiger partial charge in [-0.1, -0.05) is 12.1 Å². The predicted molar refractivity (Wildman–Crippen MR) is 61.8 cm³/mol. The molecule has 0 fully saturated rings. The molecule has 2 aromatic carbocycles. The standard InChI is InChI=1S/2C7H7.Cu.Li/c2*1-7-5-3-2-4-6-7;;/h2*2-6H,1H2;;/q2*-1;2*+1. The van der Waals surface area contributed by atoms with Gasteiger partial charge in [-0.05, 0) is 0 Å². The van der Waals surface area contributed by atoms with Crippen LogP contribution in [0.5, 0.6) is 0 Å². The van der Waals surface area contributed by atoms with Crippen molar-refractivity contribution in [3.8, 4) is 0 Å². The summed E-state index contributed by atoms with van der Waals surface area (Å²) in [5.74, 6) is 0. The molecule has 0 N–H and O–H groups in total. The van der Waals surface area contributed by atoms with Crippen LogP contribution >= 0.6 is 0 Å². The third-order valence-electron chi connectivity index (χ3n) is 1.69. The molecule has 0 atom stereocenters. The van der Waals surface area contributed by atoms with Crippen LogP contribution < -0.4 is 18.9 Å². The molecule has 0 heterocycles. The van der Waals surface area contributed by atoms with Crippen molar-refractivity contribution in [3.63, 3.8) is 0 Å². The van der Waals surface area contributed by atoms with Crippen molar-refractivity contribution < 1.29 is 35.9 Å². The second-order valence-corrected chi connectivity index (χ2v) is 2.97. The van der Waals surface area contributed by atoms with Gasteiger partial charge in [0, 0.05) is 0 Å². The van der Waals surface area contributed by atoms with Gasteiger partial charge >= 0.3 is 35.9 Å². The van der Waals surface area contributed by atoms with Gasteiger partial charge in [-0.3, -0.25) is 0 Å². The monoisotopic (exact) mass is 252 g/mol. The Kier molecular flexibility index (Phi) is 11.9. The molecule has 0 aromatic heterocycles. The molecule has 0 aliphatic rings. The zero-order valence-corrected chi connectivity index (χ0v) is 10.4. The van der Waals surface area contributed by atoms with Gasteiger partial charge in [0.05, 0.1) is 0 Å². The number of hydrogen-bond acceptors (Lipinski definition) is 0. The molecule has 0 aliphatic heterocycles. The maximum absolute atomic E-state index is 3.72. The van der Waals surface area contributed by atoms with Gasteiger partial charge in [-0.2, -0.15) is 49.2 Å². The van der Waals surface area contributed by atoms with Crippen molar-refractivity contribution in [2.24, 2.45) is 0 Å². The Hall–Kier alpha value is -0.703. The van der Waals surface area contributed by atoms with E-state index in [4.69, 9.17) is 0 Å². The topological polar surface area (TPSA) is 0 Å². The van der Waals surface area contributed by atoms with Crippen molar-refractivity contribution >= 4 is 0 Å². The molecule has 0 saturated heterocycles. The number of benzene rings is 2. The molecule has 0 saturated carbocycles. The SMILES string of the molecule is [CH2-]c1ccccc1.[CH2-]c1ccccc1.[Cu+].[Li+]. The summed E-state index contributed by atoms with van der Waals surface area (Å²) in [5, 5.41) is 0. The molecule has 0 aliphatic carbocycles. The third kappa shape index (κ3) is 8.59. The van der Waals surface area contributed by atoms with Crippen LogP contribution in [0.2, 0.25) is 0 Å². The molecule has 82 valence electrons. The average molecular weight is 253 g/mol. The molecule has 16 heavy (non-hydrogen) atoms. The number of hydrogen-bond donors (Lipinski definition) is 0. The van der Waals surface area contributed by atoms with Gasteiger partial charge in [0.15, 0.2) is 0 Å². The van der Waals surface area contributed by atoms with Crippen LogP contribution in [0.15, 0.2) is 60.7 Å². The van der Waals surface area contributed by atoms with Crippen molar-refractivity contribution in [3.05, 3.63) is 85.6 Å². The molecule has 0 radical (unpaired) electrons. The fourth-order valence-corrected chi connectivity index (χ4v) is 0.956. The summed E-state index contributed by atoms with van der Waals surface area (Å²) in [6.45, 7) is 7.44. The Bertz CT molecular complexity index is 308. The zero-order valence-electron chi connectivity index (χ0n) is 9.49. The van der Waals surface area contributed by atoms with Crippen molar-refractivity contribution in [2.75, 3.05) is 0 Å². The van der Waals surface area contributed by atoms with E-state index in [1.807, 2.05) is 60.7 Å². The maximum atomic E-state index is 3.72. The first-order valence-corrected chi connectivity index (χ1v) is 4.53. The molecule has 2 rings (SSSR count). The third-order valence-corrected chi connectivity index (χ3v) is 1.69. The quantitative estimate of drug-likeness (QED) is 0.479. The first-order valence-electron chi connectivity index (χ1n) is 4.53. The summed E-state index contributed by atoms with van der Waals surface area (Å²) in [6, 6.07) is 19.7. The Morgan fingerprint density at radius 2 is 0.812 bits per heavy atom. The van der Waals surface area contributed by atoms with Gasteiger partial charge in [-0.15, -0.1) is 24.3 Å². The Labute approximate surface area is 121 Å². The maximum Gasteiger partial charge on any atom is 1.00 e. The predicted octanol–water partition coefficient (Wildman–Crippen LogP) is 0.739. The smallest absolute Gasteiger partial charge is 0.199 e. The molecule has 0 amide bonds. The molecule has 0 spiro atoms. The summed E-state index contributed by atoms with van der Waals surface area (Å²) < 4.78 is 0. The summed E-state index contributed by atoms with van der Waals surface area (Å²) in [7, 11) is 0. The van der Waals surface area contributed by atoms with Crippen LogP contribution in [0.25, 0.3) is 0 Å². The van der Waals surface area contributed by atoms with Gasteiger partial charge in [0.1, 0.15) is 0 Å². The van der Waals surface area contributed by atoms with E-state index in [0.717, 1.165) is 11.1 Å². The first-order chi connectivity index (χ1) is 6.79. The molecule has 0 unspecified atom stereocenters. The molecule has 2 heteroatoms. The van der Waals surface area contributed by atoms with Crippen molar-refractivity contribution in [2.45, 2.75) is 0 Å². The van der Waals surface area contributed by atoms with Gasteiger partial charge in [0.2, 0.25) is 0 Å². The van der Waals surface area contributed by atoms with Crippen LogP contribution in [-0.2, 0) is 17.1 Å². The minimum absolute atomic E-state index is 0. The van der Waals surface area contributed by atoms with E-state index in [0.29, 0.717) is 0 Å². The van der Waals surface area contributed by atoms with Gasteiger partial charge < -0.3 is 0 Å². The Morgan fingerprint density at radius 3 is 0.938 bits per heavy atom.